The lowest BCUT2D eigenvalue weighted by atomic mass is 10.3. The Kier molecular flexibility index (Phi) is 2.82. The molecule has 80 valence electrons. The van der Waals surface area contributed by atoms with E-state index in [1.54, 1.807) is 18.6 Å². The number of nitrogens with zero attached hydrogens (tertiary/aromatic N) is 3. The largest absolute Gasteiger partial charge is 0.377 e. The van der Waals surface area contributed by atoms with Crippen molar-refractivity contribution in [1.29, 1.82) is 0 Å². The maximum absolute atomic E-state index is 10.0. The SMILES string of the molecule is CCCn1ccnc1C(O)c1ncc[nH]1. The highest BCUT2D eigenvalue weighted by molar-refractivity contribution is 5.08. The highest BCUT2D eigenvalue weighted by Crippen LogP contribution is 2.16. The van der Waals surface area contributed by atoms with Gasteiger partial charge in [-0.3, -0.25) is 0 Å². The fourth-order valence-electron chi connectivity index (χ4n) is 1.55. The van der Waals surface area contributed by atoms with E-state index >= 15 is 0 Å². The van der Waals surface area contributed by atoms with E-state index < -0.39 is 6.10 Å². The molecule has 0 saturated carbocycles. The van der Waals surface area contributed by atoms with Gasteiger partial charge in [-0.05, 0) is 6.42 Å². The predicted molar refractivity (Wildman–Crippen MR) is 55.2 cm³/mol. The standard InChI is InChI=1S/C10H14N4O/c1-2-6-14-7-5-13-10(14)8(15)9-11-3-4-12-9/h3-5,7-8,15H,2,6H2,1H3,(H,11,12). The third-order valence-electron chi connectivity index (χ3n) is 2.24. The third-order valence-corrected chi connectivity index (χ3v) is 2.24. The quantitative estimate of drug-likeness (QED) is 0.787. The molecule has 0 bridgehead atoms. The second-order valence-electron chi connectivity index (χ2n) is 3.36. The zero-order valence-electron chi connectivity index (χ0n) is 8.59. The minimum absolute atomic E-state index is 0.526. The molecule has 0 spiro atoms. The van der Waals surface area contributed by atoms with Gasteiger partial charge in [-0.1, -0.05) is 6.92 Å². The van der Waals surface area contributed by atoms with E-state index in [2.05, 4.69) is 21.9 Å². The molecule has 2 N–H and O–H groups in total. The summed E-state index contributed by atoms with van der Waals surface area (Å²) >= 11 is 0. The lowest BCUT2D eigenvalue weighted by Gasteiger charge is -2.10. The summed E-state index contributed by atoms with van der Waals surface area (Å²) in [5, 5.41) is 10.0. The Morgan fingerprint density at radius 3 is 3.00 bits per heavy atom. The molecule has 5 heteroatoms. The second kappa shape index (κ2) is 4.27. The molecule has 1 atom stereocenters. The van der Waals surface area contributed by atoms with Gasteiger partial charge in [0.25, 0.3) is 0 Å². The van der Waals surface area contributed by atoms with E-state index in [-0.39, 0.29) is 0 Å². The van der Waals surface area contributed by atoms with E-state index in [1.165, 1.54) is 0 Å². The first-order valence-corrected chi connectivity index (χ1v) is 5.01. The Hall–Kier alpha value is -1.62. The summed E-state index contributed by atoms with van der Waals surface area (Å²) in [6.07, 6.45) is 7.09. The van der Waals surface area contributed by atoms with E-state index in [0.717, 1.165) is 13.0 Å². The lowest BCUT2D eigenvalue weighted by Crippen LogP contribution is -2.10. The van der Waals surface area contributed by atoms with Gasteiger partial charge in [0.15, 0.2) is 6.10 Å². The monoisotopic (exact) mass is 206 g/mol. The first-order valence-electron chi connectivity index (χ1n) is 5.01. The van der Waals surface area contributed by atoms with Crippen LogP contribution in [-0.4, -0.2) is 24.6 Å². The molecule has 0 amide bonds. The van der Waals surface area contributed by atoms with Crippen LogP contribution < -0.4 is 0 Å². The van der Waals surface area contributed by atoms with Crippen molar-refractivity contribution >= 4 is 0 Å². The molecular weight excluding hydrogens is 192 g/mol. The summed E-state index contributed by atoms with van der Waals surface area (Å²) < 4.78 is 1.94. The number of hydrogen-bond acceptors (Lipinski definition) is 3. The summed E-state index contributed by atoms with van der Waals surface area (Å²) in [4.78, 5) is 11.0. The molecule has 0 aromatic carbocycles. The zero-order valence-corrected chi connectivity index (χ0v) is 8.59. The van der Waals surface area contributed by atoms with Crippen molar-refractivity contribution in [3.8, 4) is 0 Å². The molecule has 1 unspecified atom stereocenters. The van der Waals surface area contributed by atoms with Crippen LogP contribution in [-0.2, 0) is 6.54 Å². The zero-order chi connectivity index (χ0) is 10.7. The molecular formula is C10H14N4O. The molecule has 0 fully saturated rings. The maximum atomic E-state index is 10.0. The Balaban J connectivity index is 2.25. The number of imidazole rings is 2. The molecule has 5 nitrogen and oxygen atoms in total. The van der Waals surface area contributed by atoms with Gasteiger partial charge in [0.05, 0.1) is 0 Å². The van der Waals surface area contributed by atoms with Crippen molar-refractivity contribution in [3.63, 3.8) is 0 Å². The number of aromatic amines is 1. The van der Waals surface area contributed by atoms with Crippen molar-refractivity contribution in [3.05, 3.63) is 36.4 Å². The average molecular weight is 206 g/mol. The first-order chi connectivity index (χ1) is 7.33. The minimum atomic E-state index is -0.776. The number of rotatable bonds is 4. The number of hydrogen-bond donors (Lipinski definition) is 2. The van der Waals surface area contributed by atoms with Crippen molar-refractivity contribution in [2.45, 2.75) is 26.0 Å². The second-order valence-corrected chi connectivity index (χ2v) is 3.36. The van der Waals surface area contributed by atoms with Crippen molar-refractivity contribution in [1.82, 2.24) is 19.5 Å². The number of aliphatic hydroxyl groups excluding tert-OH is 1. The molecule has 15 heavy (non-hydrogen) atoms. The van der Waals surface area contributed by atoms with Gasteiger partial charge in [-0.15, -0.1) is 0 Å². The Morgan fingerprint density at radius 2 is 2.33 bits per heavy atom. The van der Waals surface area contributed by atoms with Gasteiger partial charge in [0.2, 0.25) is 0 Å². The van der Waals surface area contributed by atoms with Gasteiger partial charge >= 0.3 is 0 Å². The number of aryl methyl sites for hydroxylation is 1. The summed E-state index contributed by atoms with van der Waals surface area (Å²) in [5.41, 5.74) is 0. The van der Waals surface area contributed by atoms with Crippen LogP contribution in [0.4, 0.5) is 0 Å². The minimum Gasteiger partial charge on any atom is -0.377 e. The van der Waals surface area contributed by atoms with E-state index in [1.807, 2.05) is 10.8 Å². The number of H-pyrrole nitrogens is 1. The van der Waals surface area contributed by atoms with Crippen LogP contribution >= 0.6 is 0 Å². The Labute approximate surface area is 87.8 Å². The first kappa shape index (κ1) is 9.92. The van der Waals surface area contributed by atoms with Crippen LogP contribution in [0, 0.1) is 0 Å². The topological polar surface area (TPSA) is 66.7 Å². The van der Waals surface area contributed by atoms with Crippen LogP contribution in [0.5, 0.6) is 0 Å². The van der Waals surface area contributed by atoms with Gasteiger partial charge in [-0.25, -0.2) is 9.97 Å². The molecule has 0 radical (unpaired) electrons. The molecule has 0 aliphatic carbocycles. The van der Waals surface area contributed by atoms with Gasteiger partial charge < -0.3 is 14.7 Å². The van der Waals surface area contributed by atoms with Crippen LogP contribution in [0.25, 0.3) is 0 Å². The highest BCUT2D eigenvalue weighted by Gasteiger charge is 2.17. The Bertz CT molecular complexity index is 407. The molecule has 0 aliphatic rings. The summed E-state index contributed by atoms with van der Waals surface area (Å²) in [6, 6.07) is 0. The smallest absolute Gasteiger partial charge is 0.169 e. The van der Waals surface area contributed by atoms with Crippen LogP contribution in [0.15, 0.2) is 24.8 Å². The molecule has 0 saturated heterocycles. The summed E-state index contributed by atoms with van der Waals surface area (Å²) in [5.74, 6) is 1.16. The average Bonchev–Trinajstić information content (AvgIpc) is 2.87. The van der Waals surface area contributed by atoms with Crippen LogP contribution in [0.2, 0.25) is 0 Å². The van der Waals surface area contributed by atoms with E-state index in [0.29, 0.717) is 11.6 Å². The van der Waals surface area contributed by atoms with Gasteiger partial charge in [0, 0.05) is 31.3 Å². The van der Waals surface area contributed by atoms with Crippen molar-refractivity contribution in [2.24, 2.45) is 0 Å². The van der Waals surface area contributed by atoms with Crippen LogP contribution in [0.3, 0.4) is 0 Å². The molecule has 2 aromatic heterocycles. The van der Waals surface area contributed by atoms with Crippen molar-refractivity contribution in [2.75, 3.05) is 0 Å². The maximum Gasteiger partial charge on any atom is 0.169 e. The summed E-state index contributed by atoms with van der Waals surface area (Å²) in [6.45, 7) is 2.94. The Morgan fingerprint density at radius 1 is 1.47 bits per heavy atom. The normalized spacial score (nSPS) is 12.9. The molecule has 2 aromatic rings. The van der Waals surface area contributed by atoms with Crippen LogP contribution in [0.1, 0.15) is 31.1 Å². The molecule has 2 rings (SSSR count). The number of aliphatic hydroxyl groups is 1. The number of nitrogens with one attached hydrogen (secondary N) is 1. The predicted octanol–water partition coefficient (Wildman–Crippen LogP) is 1.10. The molecule has 0 aliphatic heterocycles. The molecule has 2 heterocycles. The number of aromatic nitrogens is 4. The fraction of sp³-hybridized carbons (Fsp3) is 0.400. The third kappa shape index (κ3) is 1.92. The lowest BCUT2D eigenvalue weighted by molar-refractivity contribution is 0.195. The van der Waals surface area contributed by atoms with Crippen molar-refractivity contribution < 1.29 is 5.11 Å². The van der Waals surface area contributed by atoms with Gasteiger partial charge in [0.1, 0.15) is 11.6 Å². The highest BCUT2D eigenvalue weighted by atomic mass is 16.3. The van der Waals surface area contributed by atoms with E-state index in [4.69, 9.17) is 0 Å². The van der Waals surface area contributed by atoms with Gasteiger partial charge in [-0.2, -0.15) is 0 Å². The summed E-state index contributed by atoms with van der Waals surface area (Å²) in [7, 11) is 0. The van der Waals surface area contributed by atoms with E-state index in [9.17, 15) is 5.11 Å². The fourth-order valence-corrected chi connectivity index (χ4v) is 1.55.